The minimum atomic E-state index is 0.735. The molecule has 1 unspecified atom stereocenters. The Hall–Kier alpha value is -0.0400. The van der Waals surface area contributed by atoms with Crippen LogP contribution in [-0.2, 0) is 0 Å². The zero-order chi connectivity index (χ0) is 11.0. The fourth-order valence-corrected chi connectivity index (χ4v) is 3.83. The van der Waals surface area contributed by atoms with Crippen LogP contribution in [0.25, 0.3) is 0 Å². The van der Waals surface area contributed by atoms with Gasteiger partial charge in [0.15, 0.2) is 0 Å². The number of hydrogen-bond acceptors (Lipinski definition) is 1. The van der Waals surface area contributed by atoms with Crippen LogP contribution < -0.4 is 0 Å². The van der Waals surface area contributed by atoms with Gasteiger partial charge >= 0.3 is 0 Å². The molecule has 3 aliphatic rings. The van der Waals surface area contributed by atoms with Crippen molar-refractivity contribution >= 4 is 0 Å². The smallest absolute Gasteiger partial charge is 0.0126 e. The summed E-state index contributed by atoms with van der Waals surface area (Å²) in [5.41, 5.74) is 0. The van der Waals surface area contributed by atoms with Gasteiger partial charge in [-0.3, -0.25) is 4.90 Å². The van der Waals surface area contributed by atoms with E-state index in [0.717, 1.165) is 30.0 Å². The van der Waals surface area contributed by atoms with E-state index in [-0.39, 0.29) is 0 Å². The van der Waals surface area contributed by atoms with E-state index in [0.29, 0.717) is 0 Å². The van der Waals surface area contributed by atoms with Crippen molar-refractivity contribution in [1.29, 1.82) is 0 Å². The molecule has 0 aromatic rings. The molecule has 2 saturated heterocycles. The summed E-state index contributed by atoms with van der Waals surface area (Å²) in [5.74, 6) is 1.87. The molecular formula is C14H27N. The van der Waals surface area contributed by atoms with Crippen molar-refractivity contribution in [2.24, 2.45) is 11.8 Å². The lowest BCUT2D eigenvalue weighted by molar-refractivity contribution is 0.0722. The summed E-state index contributed by atoms with van der Waals surface area (Å²) in [7, 11) is 0. The van der Waals surface area contributed by atoms with Gasteiger partial charge in [0.2, 0.25) is 0 Å². The second kappa shape index (κ2) is 4.45. The van der Waals surface area contributed by atoms with Gasteiger partial charge < -0.3 is 0 Å². The van der Waals surface area contributed by atoms with Crippen LogP contribution in [0.2, 0.25) is 0 Å². The zero-order valence-corrected chi connectivity index (χ0v) is 10.9. The van der Waals surface area contributed by atoms with Gasteiger partial charge in [-0.05, 0) is 57.8 Å². The number of fused-ring (bicyclic) bond motifs is 4. The maximum Gasteiger partial charge on any atom is 0.0126 e. The molecule has 88 valence electrons. The molecule has 0 aromatic heterocycles. The highest BCUT2D eigenvalue weighted by atomic mass is 15.2. The quantitative estimate of drug-likeness (QED) is 0.670. The van der Waals surface area contributed by atoms with Gasteiger partial charge in [-0.15, -0.1) is 0 Å². The largest absolute Gasteiger partial charge is 0.295 e. The molecule has 1 nitrogen and oxygen atoms in total. The summed E-state index contributed by atoms with van der Waals surface area (Å²) >= 11 is 0. The van der Waals surface area contributed by atoms with E-state index in [4.69, 9.17) is 0 Å². The highest BCUT2D eigenvalue weighted by Crippen LogP contribution is 2.40. The number of rotatable bonds is 2. The van der Waals surface area contributed by atoms with Gasteiger partial charge in [-0.2, -0.15) is 0 Å². The fourth-order valence-electron chi connectivity index (χ4n) is 3.83. The fraction of sp³-hybridized carbons (Fsp3) is 1.00. The van der Waals surface area contributed by atoms with E-state index in [1.54, 1.807) is 0 Å². The Bertz CT molecular complexity index is 201. The molecule has 1 aliphatic carbocycles. The standard InChI is InChI=1S/C14H27N/c1-10(2)14-9-12-5-7-13(8-6-12)15(14)11(3)4/h10-14H,5-9H2,1-4H3. The third kappa shape index (κ3) is 2.22. The minimum Gasteiger partial charge on any atom is -0.295 e. The maximum atomic E-state index is 2.84. The van der Waals surface area contributed by atoms with Gasteiger partial charge in [0.1, 0.15) is 0 Å². The van der Waals surface area contributed by atoms with Crippen molar-refractivity contribution in [2.45, 2.75) is 77.9 Å². The minimum absolute atomic E-state index is 0.735. The van der Waals surface area contributed by atoms with Crippen molar-refractivity contribution in [2.75, 3.05) is 0 Å². The lowest BCUT2D eigenvalue weighted by atomic mass is 9.85. The molecule has 0 amide bonds. The van der Waals surface area contributed by atoms with Crippen molar-refractivity contribution < 1.29 is 0 Å². The van der Waals surface area contributed by atoms with Gasteiger partial charge in [-0.25, -0.2) is 0 Å². The van der Waals surface area contributed by atoms with Gasteiger partial charge in [0.05, 0.1) is 0 Å². The summed E-state index contributed by atoms with van der Waals surface area (Å²) in [5, 5.41) is 0. The van der Waals surface area contributed by atoms with Crippen LogP contribution in [0.4, 0.5) is 0 Å². The van der Waals surface area contributed by atoms with Crippen LogP contribution in [0.5, 0.6) is 0 Å². The van der Waals surface area contributed by atoms with Gasteiger partial charge in [0.25, 0.3) is 0 Å². The van der Waals surface area contributed by atoms with E-state index in [9.17, 15) is 0 Å². The lowest BCUT2D eigenvalue weighted by Gasteiger charge is -2.40. The average Bonchev–Trinajstić information content (AvgIpc) is 2.46. The molecule has 0 N–H and O–H groups in total. The summed E-state index contributed by atoms with van der Waals surface area (Å²) in [4.78, 5) is 2.84. The van der Waals surface area contributed by atoms with E-state index in [2.05, 4.69) is 32.6 Å². The van der Waals surface area contributed by atoms with E-state index < -0.39 is 0 Å². The highest BCUT2D eigenvalue weighted by Gasteiger charge is 2.38. The first-order chi connectivity index (χ1) is 7.09. The predicted octanol–water partition coefficient (Wildman–Crippen LogP) is 3.68. The monoisotopic (exact) mass is 209 g/mol. The molecule has 15 heavy (non-hydrogen) atoms. The molecule has 0 radical (unpaired) electrons. The van der Waals surface area contributed by atoms with Crippen LogP contribution in [0, 0.1) is 11.8 Å². The topological polar surface area (TPSA) is 3.24 Å². The van der Waals surface area contributed by atoms with Crippen LogP contribution in [0.1, 0.15) is 59.8 Å². The molecule has 2 bridgehead atoms. The normalized spacial score (nSPS) is 37.6. The Morgan fingerprint density at radius 3 is 2.00 bits per heavy atom. The molecule has 2 heterocycles. The second-order valence-electron chi connectivity index (χ2n) is 6.26. The predicted molar refractivity (Wildman–Crippen MR) is 66.0 cm³/mol. The number of nitrogens with zero attached hydrogens (tertiary/aromatic N) is 1. The molecule has 1 heteroatoms. The Kier molecular flexibility index (Phi) is 3.39. The van der Waals surface area contributed by atoms with Gasteiger partial charge in [0, 0.05) is 18.1 Å². The summed E-state index contributed by atoms with van der Waals surface area (Å²) < 4.78 is 0. The number of hydrogen-bond donors (Lipinski definition) is 0. The average molecular weight is 209 g/mol. The van der Waals surface area contributed by atoms with Crippen molar-refractivity contribution in [1.82, 2.24) is 4.90 Å². The van der Waals surface area contributed by atoms with Crippen LogP contribution >= 0.6 is 0 Å². The SMILES string of the molecule is CC(C)C1CC2CCC(CC2)N1C(C)C. The molecule has 3 fully saturated rings. The molecule has 3 rings (SSSR count). The van der Waals surface area contributed by atoms with Crippen LogP contribution in [0.3, 0.4) is 0 Å². The van der Waals surface area contributed by atoms with E-state index in [1.807, 2.05) is 0 Å². The first kappa shape index (κ1) is 11.4. The molecule has 0 spiro atoms. The molecule has 2 aliphatic heterocycles. The Morgan fingerprint density at radius 1 is 0.933 bits per heavy atom. The Morgan fingerprint density at radius 2 is 1.53 bits per heavy atom. The van der Waals surface area contributed by atoms with Crippen molar-refractivity contribution in [3.63, 3.8) is 0 Å². The first-order valence-corrected chi connectivity index (χ1v) is 6.87. The Labute approximate surface area is 95.2 Å². The summed E-state index contributed by atoms with van der Waals surface area (Å²) in [6, 6.07) is 2.49. The highest BCUT2D eigenvalue weighted by molar-refractivity contribution is 4.93. The summed E-state index contributed by atoms with van der Waals surface area (Å²) in [6.45, 7) is 9.58. The van der Waals surface area contributed by atoms with Gasteiger partial charge in [-0.1, -0.05) is 13.8 Å². The van der Waals surface area contributed by atoms with Crippen molar-refractivity contribution in [3.05, 3.63) is 0 Å². The van der Waals surface area contributed by atoms with Crippen LogP contribution in [0.15, 0.2) is 0 Å². The van der Waals surface area contributed by atoms with Crippen molar-refractivity contribution in [3.8, 4) is 0 Å². The third-order valence-corrected chi connectivity index (χ3v) is 4.56. The third-order valence-electron chi connectivity index (χ3n) is 4.56. The summed E-state index contributed by atoms with van der Waals surface area (Å²) in [6.07, 6.45) is 7.39. The lowest BCUT2D eigenvalue weighted by Crippen LogP contribution is -2.47. The molecule has 0 aromatic carbocycles. The molecule has 1 atom stereocenters. The van der Waals surface area contributed by atoms with E-state index >= 15 is 0 Å². The zero-order valence-electron chi connectivity index (χ0n) is 10.9. The molecule has 1 saturated carbocycles. The first-order valence-electron chi connectivity index (χ1n) is 6.87. The molecular weight excluding hydrogens is 182 g/mol. The van der Waals surface area contributed by atoms with E-state index in [1.165, 1.54) is 32.1 Å². The second-order valence-corrected chi connectivity index (χ2v) is 6.26. The Balaban J connectivity index is 2.20. The maximum absolute atomic E-state index is 2.84. The van der Waals surface area contributed by atoms with Crippen LogP contribution in [-0.4, -0.2) is 23.0 Å².